The van der Waals surface area contributed by atoms with Crippen molar-refractivity contribution < 1.29 is 21.6 Å². The number of halogens is 3. The van der Waals surface area contributed by atoms with Crippen LogP contribution in [0.4, 0.5) is 18.9 Å². The quantitative estimate of drug-likeness (QED) is 0.848. The fourth-order valence-corrected chi connectivity index (χ4v) is 2.90. The summed E-state index contributed by atoms with van der Waals surface area (Å²) in [6.07, 6.45) is -5.94. The highest BCUT2D eigenvalue weighted by atomic mass is 32.2. The highest BCUT2D eigenvalue weighted by molar-refractivity contribution is 7.92. The zero-order chi connectivity index (χ0) is 15.4. The van der Waals surface area contributed by atoms with Crippen molar-refractivity contribution in [2.75, 3.05) is 10.5 Å². The Morgan fingerprint density at radius 2 is 1.95 bits per heavy atom. The summed E-state index contributed by atoms with van der Waals surface area (Å²) in [5.41, 5.74) is 7.32. The highest BCUT2D eigenvalue weighted by Crippen LogP contribution is 2.23. The van der Waals surface area contributed by atoms with Crippen LogP contribution in [0.2, 0.25) is 0 Å². The minimum absolute atomic E-state index is 0.146. The van der Waals surface area contributed by atoms with Crippen LogP contribution in [0.15, 0.2) is 18.2 Å². The van der Waals surface area contributed by atoms with Gasteiger partial charge in [0.15, 0.2) is 0 Å². The van der Waals surface area contributed by atoms with E-state index in [0.717, 1.165) is 5.56 Å². The van der Waals surface area contributed by atoms with Crippen molar-refractivity contribution in [1.29, 1.82) is 0 Å². The van der Waals surface area contributed by atoms with E-state index < -0.39 is 34.8 Å². The van der Waals surface area contributed by atoms with Gasteiger partial charge in [-0.05, 0) is 30.5 Å². The molecule has 0 aliphatic carbocycles. The Labute approximate surface area is 116 Å². The van der Waals surface area contributed by atoms with Gasteiger partial charge in [-0.25, -0.2) is 8.42 Å². The average Bonchev–Trinajstić information content (AvgIpc) is 2.26. The standard InChI is InChI=1S/C12H17F3N2O2S/c1-9-4-2-5-11(10(9)8-16)17-20(18,19)7-3-6-12(13,14)15/h2,4-5,17H,3,6-8,16H2,1H3. The summed E-state index contributed by atoms with van der Waals surface area (Å²) in [4.78, 5) is 0. The third-order valence-corrected chi connectivity index (χ3v) is 4.11. The second-order valence-electron chi connectivity index (χ2n) is 4.44. The number of sulfonamides is 1. The summed E-state index contributed by atoms with van der Waals surface area (Å²) in [6, 6.07) is 4.97. The van der Waals surface area contributed by atoms with Gasteiger partial charge in [-0.2, -0.15) is 13.2 Å². The Hall–Kier alpha value is -1.28. The fraction of sp³-hybridized carbons (Fsp3) is 0.500. The average molecular weight is 310 g/mol. The summed E-state index contributed by atoms with van der Waals surface area (Å²) in [5, 5.41) is 0. The molecule has 0 aliphatic rings. The van der Waals surface area contributed by atoms with Crippen LogP contribution in [0.25, 0.3) is 0 Å². The van der Waals surface area contributed by atoms with Crippen molar-refractivity contribution in [2.24, 2.45) is 5.73 Å². The van der Waals surface area contributed by atoms with E-state index >= 15 is 0 Å². The molecule has 8 heteroatoms. The molecule has 0 aliphatic heterocycles. The fourth-order valence-electron chi connectivity index (χ4n) is 1.75. The van der Waals surface area contributed by atoms with Gasteiger partial charge in [0.25, 0.3) is 0 Å². The molecule has 0 saturated heterocycles. The molecule has 0 aromatic heterocycles. The van der Waals surface area contributed by atoms with Crippen LogP contribution in [-0.4, -0.2) is 20.3 Å². The maximum atomic E-state index is 12.0. The van der Waals surface area contributed by atoms with Gasteiger partial charge in [0.1, 0.15) is 0 Å². The Bertz CT molecular complexity index is 556. The molecule has 20 heavy (non-hydrogen) atoms. The molecular weight excluding hydrogens is 293 g/mol. The van der Waals surface area contributed by atoms with Crippen LogP contribution in [0, 0.1) is 6.92 Å². The summed E-state index contributed by atoms with van der Waals surface area (Å²) < 4.78 is 61.8. The number of nitrogens with two attached hydrogens (primary N) is 1. The van der Waals surface area contributed by atoms with E-state index in [1.165, 1.54) is 6.07 Å². The molecule has 0 fully saturated rings. The van der Waals surface area contributed by atoms with E-state index in [-0.39, 0.29) is 6.54 Å². The molecule has 0 amide bonds. The van der Waals surface area contributed by atoms with E-state index in [0.29, 0.717) is 11.3 Å². The van der Waals surface area contributed by atoms with Crippen LogP contribution >= 0.6 is 0 Å². The predicted molar refractivity (Wildman–Crippen MR) is 71.8 cm³/mol. The SMILES string of the molecule is Cc1cccc(NS(=O)(=O)CCCC(F)(F)F)c1CN. The number of nitrogens with one attached hydrogen (secondary N) is 1. The first-order valence-corrected chi connectivity index (χ1v) is 7.65. The van der Waals surface area contributed by atoms with Crippen LogP contribution in [0.5, 0.6) is 0 Å². The molecule has 114 valence electrons. The number of rotatable bonds is 6. The molecule has 1 aromatic carbocycles. The zero-order valence-corrected chi connectivity index (χ0v) is 11.8. The van der Waals surface area contributed by atoms with Gasteiger partial charge >= 0.3 is 6.18 Å². The third kappa shape index (κ3) is 5.38. The lowest BCUT2D eigenvalue weighted by molar-refractivity contribution is -0.134. The van der Waals surface area contributed by atoms with Crippen LogP contribution in [-0.2, 0) is 16.6 Å². The lowest BCUT2D eigenvalue weighted by Gasteiger charge is -2.14. The maximum absolute atomic E-state index is 12.0. The molecule has 0 atom stereocenters. The second-order valence-corrected chi connectivity index (χ2v) is 6.29. The Morgan fingerprint density at radius 3 is 2.50 bits per heavy atom. The van der Waals surface area contributed by atoms with Crippen molar-refractivity contribution in [1.82, 2.24) is 0 Å². The van der Waals surface area contributed by atoms with Crippen molar-refractivity contribution in [3.8, 4) is 0 Å². The second kappa shape index (κ2) is 6.45. The zero-order valence-electron chi connectivity index (χ0n) is 11.0. The molecule has 1 aromatic rings. The van der Waals surface area contributed by atoms with Gasteiger partial charge in [-0.3, -0.25) is 4.72 Å². The van der Waals surface area contributed by atoms with Crippen LogP contribution in [0.1, 0.15) is 24.0 Å². The minimum Gasteiger partial charge on any atom is -0.326 e. The van der Waals surface area contributed by atoms with E-state index in [1.807, 2.05) is 0 Å². The van der Waals surface area contributed by atoms with Gasteiger partial charge in [0.2, 0.25) is 10.0 Å². The maximum Gasteiger partial charge on any atom is 0.389 e. The molecule has 0 saturated carbocycles. The molecule has 4 nitrogen and oxygen atoms in total. The lowest BCUT2D eigenvalue weighted by atomic mass is 10.1. The topological polar surface area (TPSA) is 72.2 Å². The molecule has 3 N–H and O–H groups in total. The van der Waals surface area contributed by atoms with Gasteiger partial charge < -0.3 is 5.73 Å². The summed E-state index contributed by atoms with van der Waals surface area (Å²) in [6.45, 7) is 1.93. The largest absolute Gasteiger partial charge is 0.389 e. The van der Waals surface area contributed by atoms with Gasteiger partial charge in [-0.1, -0.05) is 12.1 Å². The van der Waals surface area contributed by atoms with E-state index in [4.69, 9.17) is 5.73 Å². The monoisotopic (exact) mass is 310 g/mol. The minimum atomic E-state index is -4.35. The van der Waals surface area contributed by atoms with Crippen molar-refractivity contribution in [3.63, 3.8) is 0 Å². The molecular formula is C12H17F3N2O2S. The van der Waals surface area contributed by atoms with Gasteiger partial charge in [0, 0.05) is 13.0 Å². The number of benzene rings is 1. The molecule has 0 unspecified atom stereocenters. The predicted octanol–water partition coefficient (Wildman–Crippen LogP) is 2.54. The number of anilines is 1. The molecule has 0 spiro atoms. The molecule has 0 heterocycles. The van der Waals surface area contributed by atoms with Crippen LogP contribution < -0.4 is 10.5 Å². The summed E-state index contributed by atoms with van der Waals surface area (Å²) in [5.74, 6) is -0.579. The summed E-state index contributed by atoms with van der Waals surface area (Å²) >= 11 is 0. The molecule has 0 radical (unpaired) electrons. The number of hydrogen-bond donors (Lipinski definition) is 2. The van der Waals surface area contributed by atoms with E-state index in [9.17, 15) is 21.6 Å². The number of hydrogen-bond acceptors (Lipinski definition) is 3. The Morgan fingerprint density at radius 1 is 1.30 bits per heavy atom. The highest BCUT2D eigenvalue weighted by Gasteiger charge is 2.27. The summed E-state index contributed by atoms with van der Waals surface area (Å²) in [7, 11) is -3.81. The van der Waals surface area contributed by atoms with E-state index in [2.05, 4.69) is 4.72 Å². The number of alkyl halides is 3. The third-order valence-electron chi connectivity index (χ3n) is 2.75. The first-order valence-electron chi connectivity index (χ1n) is 6.00. The van der Waals surface area contributed by atoms with Crippen molar-refractivity contribution in [2.45, 2.75) is 32.5 Å². The van der Waals surface area contributed by atoms with Crippen LogP contribution in [0.3, 0.4) is 0 Å². The Kier molecular flexibility index (Phi) is 5.41. The van der Waals surface area contributed by atoms with Gasteiger partial charge in [-0.15, -0.1) is 0 Å². The first kappa shape index (κ1) is 16.8. The van der Waals surface area contributed by atoms with Crippen molar-refractivity contribution in [3.05, 3.63) is 29.3 Å². The number of aryl methyl sites for hydroxylation is 1. The normalized spacial score (nSPS) is 12.4. The smallest absolute Gasteiger partial charge is 0.326 e. The Balaban J connectivity index is 2.74. The molecule has 0 bridgehead atoms. The molecule has 1 rings (SSSR count). The van der Waals surface area contributed by atoms with Gasteiger partial charge in [0.05, 0.1) is 11.4 Å². The first-order chi connectivity index (χ1) is 9.14. The van der Waals surface area contributed by atoms with E-state index in [1.54, 1.807) is 19.1 Å². The lowest BCUT2D eigenvalue weighted by Crippen LogP contribution is -2.20. The van der Waals surface area contributed by atoms with Crippen molar-refractivity contribution >= 4 is 15.7 Å².